The van der Waals surface area contributed by atoms with Crippen molar-refractivity contribution in [2.24, 2.45) is 5.16 Å². The molecule has 1 amide bonds. The molecule has 0 saturated heterocycles. The maximum Gasteiger partial charge on any atom is 0.360 e. The lowest BCUT2D eigenvalue weighted by Crippen LogP contribution is -2.16. The minimum atomic E-state index is -1.33. The van der Waals surface area contributed by atoms with Crippen LogP contribution in [0.5, 0.6) is 0 Å². The van der Waals surface area contributed by atoms with Crippen molar-refractivity contribution in [3.05, 3.63) is 12.0 Å². The molecule has 0 fully saturated rings. The number of halogens is 1. The molecule has 1 rings (SSSR count). The fourth-order valence-corrected chi connectivity index (χ4v) is 0.984. The zero-order chi connectivity index (χ0) is 13.5. The summed E-state index contributed by atoms with van der Waals surface area (Å²) in [5, 5.41) is 14.5. The second-order valence-corrected chi connectivity index (χ2v) is 3.15. The van der Waals surface area contributed by atoms with Crippen molar-refractivity contribution in [1.82, 2.24) is 4.98 Å². The van der Waals surface area contributed by atoms with Gasteiger partial charge in [-0.15, -0.1) is 11.6 Å². The average Bonchev–Trinajstić information content (AvgIpc) is 2.77. The van der Waals surface area contributed by atoms with E-state index in [0.29, 0.717) is 0 Å². The third kappa shape index (κ3) is 3.74. The van der Waals surface area contributed by atoms with Gasteiger partial charge in [0.1, 0.15) is 24.4 Å². The van der Waals surface area contributed by atoms with Crippen LogP contribution >= 0.6 is 11.6 Å². The molecule has 0 spiro atoms. The number of anilines is 1. The number of carbonyl (C=O) groups is 2. The van der Waals surface area contributed by atoms with E-state index in [0.717, 1.165) is 6.26 Å². The topological polar surface area (TPSA) is 114 Å². The van der Waals surface area contributed by atoms with E-state index in [9.17, 15) is 9.59 Å². The summed E-state index contributed by atoms with van der Waals surface area (Å²) >= 11 is 5.27. The Morgan fingerprint density at radius 3 is 2.94 bits per heavy atom. The van der Waals surface area contributed by atoms with Crippen LogP contribution in [0.15, 0.2) is 15.8 Å². The number of nitrogens with one attached hydrogen (secondary N) is 1. The van der Waals surface area contributed by atoms with Crippen molar-refractivity contribution in [1.29, 1.82) is 0 Å². The first-order chi connectivity index (χ1) is 8.58. The number of rotatable bonds is 6. The number of carbonyl (C=O) groups excluding carboxylic acids is 1. The average molecular weight is 276 g/mol. The van der Waals surface area contributed by atoms with Gasteiger partial charge in [0, 0.05) is 0 Å². The smallest absolute Gasteiger partial charge is 0.360 e. The van der Waals surface area contributed by atoms with Gasteiger partial charge >= 0.3 is 12.0 Å². The van der Waals surface area contributed by atoms with Gasteiger partial charge in [-0.05, 0) is 6.92 Å². The molecule has 0 bridgehead atoms. The number of amides is 1. The summed E-state index contributed by atoms with van der Waals surface area (Å²) in [6.07, 6.45) is 1.04. The number of hydrogen-bond acceptors (Lipinski definition) is 6. The van der Waals surface area contributed by atoms with Gasteiger partial charge in [-0.25, -0.2) is 4.79 Å². The molecule has 2 N–H and O–H groups in total. The maximum absolute atomic E-state index is 11.0. The zero-order valence-corrected chi connectivity index (χ0v) is 10.1. The lowest BCUT2D eigenvalue weighted by atomic mass is 10.3. The van der Waals surface area contributed by atoms with Crippen LogP contribution in [-0.4, -0.2) is 40.2 Å². The lowest BCUT2D eigenvalue weighted by Gasteiger charge is -1.96. The number of oxazole rings is 1. The van der Waals surface area contributed by atoms with Gasteiger partial charge in [-0.3, -0.25) is 10.1 Å². The van der Waals surface area contributed by atoms with Gasteiger partial charge in [0.2, 0.25) is 11.6 Å². The normalized spacial score (nSPS) is 11.1. The Morgan fingerprint density at radius 2 is 2.39 bits per heavy atom. The highest BCUT2D eigenvalue weighted by molar-refractivity contribution is 6.41. The standard InChI is InChI=1S/C9H10ClN3O5/c1-2-18-13-7(8(15)16)5-4-17-9(11-5)12-6(14)3-10/h4H,2-3H2,1H3,(H,15,16)(H,11,12,14). The SMILES string of the molecule is CCON=C(C(=O)O)c1coc(NC(=O)CCl)n1. The molecule has 98 valence electrons. The molecule has 1 heterocycles. The van der Waals surface area contributed by atoms with Crippen LogP contribution in [0.2, 0.25) is 0 Å². The molecule has 0 atom stereocenters. The van der Waals surface area contributed by atoms with E-state index in [2.05, 4.69) is 20.3 Å². The molecule has 0 aromatic carbocycles. The monoisotopic (exact) mass is 275 g/mol. The molecule has 0 aliphatic carbocycles. The molecule has 1 aromatic heterocycles. The van der Waals surface area contributed by atoms with Crippen molar-refractivity contribution in [2.75, 3.05) is 17.8 Å². The maximum atomic E-state index is 11.0. The van der Waals surface area contributed by atoms with Crippen molar-refractivity contribution < 1.29 is 24.0 Å². The van der Waals surface area contributed by atoms with Gasteiger partial charge < -0.3 is 14.4 Å². The molecular weight excluding hydrogens is 266 g/mol. The van der Waals surface area contributed by atoms with Crippen LogP contribution in [-0.2, 0) is 14.4 Å². The van der Waals surface area contributed by atoms with Crippen LogP contribution < -0.4 is 5.32 Å². The Bertz CT molecular complexity index is 471. The molecule has 0 aliphatic heterocycles. The van der Waals surface area contributed by atoms with E-state index < -0.39 is 17.6 Å². The Kier molecular flexibility index (Phi) is 5.12. The van der Waals surface area contributed by atoms with E-state index in [4.69, 9.17) is 21.1 Å². The first kappa shape index (κ1) is 14.0. The molecule has 9 heteroatoms. The number of nitrogens with zero attached hydrogens (tertiary/aromatic N) is 2. The molecule has 0 unspecified atom stereocenters. The molecular formula is C9H10ClN3O5. The number of oxime groups is 1. The zero-order valence-electron chi connectivity index (χ0n) is 9.34. The summed E-state index contributed by atoms with van der Waals surface area (Å²) in [5.74, 6) is -2.12. The van der Waals surface area contributed by atoms with Crippen LogP contribution in [0.1, 0.15) is 12.6 Å². The molecule has 0 aliphatic rings. The minimum Gasteiger partial charge on any atom is -0.476 e. The number of alkyl halides is 1. The van der Waals surface area contributed by atoms with E-state index >= 15 is 0 Å². The van der Waals surface area contributed by atoms with Crippen LogP contribution in [0.3, 0.4) is 0 Å². The number of aromatic nitrogens is 1. The number of aliphatic carboxylic acids is 1. The molecule has 0 radical (unpaired) electrons. The third-order valence-corrected chi connectivity index (χ3v) is 1.84. The Labute approximate surface area is 107 Å². The van der Waals surface area contributed by atoms with Crippen LogP contribution in [0.25, 0.3) is 0 Å². The third-order valence-electron chi connectivity index (χ3n) is 1.60. The van der Waals surface area contributed by atoms with Crippen LogP contribution in [0.4, 0.5) is 6.01 Å². The highest BCUT2D eigenvalue weighted by Crippen LogP contribution is 2.09. The number of hydrogen-bond donors (Lipinski definition) is 2. The largest absolute Gasteiger partial charge is 0.476 e. The quantitative estimate of drug-likeness (QED) is 0.448. The van der Waals surface area contributed by atoms with Gasteiger partial charge in [-0.1, -0.05) is 5.16 Å². The van der Waals surface area contributed by atoms with Gasteiger partial charge in [0.25, 0.3) is 0 Å². The second kappa shape index (κ2) is 6.60. The van der Waals surface area contributed by atoms with Crippen molar-refractivity contribution >= 4 is 35.2 Å². The Morgan fingerprint density at radius 1 is 1.67 bits per heavy atom. The first-order valence-corrected chi connectivity index (χ1v) is 5.36. The van der Waals surface area contributed by atoms with Gasteiger partial charge in [0.15, 0.2) is 0 Å². The minimum absolute atomic E-state index is 0.0687. The fraction of sp³-hybridized carbons (Fsp3) is 0.333. The molecule has 8 nitrogen and oxygen atoms in total. The predicted octanol–water partition coefficient (Wildman–Crippen LogP) is 0.677. The summed E-state index contributed by atoms with van der Waals surface area (Å²) in [6, 6.07) is -0.166. The predicted molar refractivity (Wildman–Crippen MR) is 61.7 cm³/mol. The molecule has 0 saturated carbocycles. The molecule has 1 aromatic rings. The summed E-state index contributed by atoms with van der Waals surface area (Å²) in [5.41, 5.74) is -0.493. The Hall–Kier alpha value is -2.09. The second-order valence-electron chi connectivity index (χ2n) is 2.88. The van der Waals surface area contributed by atoms with Crippen molar-refractivity contribution in [3.8, 4) is 0 Å². The van der Waals surface area contributed by atoms with Crippen molar-refractivity contribution in [2.45, 2.75) is 6.92 Å². The summed E-state index contributed by atoms with van der Waals surface area (Å²) in [6.45, 7) is 1.86. The first-order valence-electron chi connectivity index (χ1n) is 4.83. The summed E-state index contributed by atoms with van der Waals surface area (Å²) in [4.78, 5) is 30.2. The molecule has 18 heavy (non-hydrogen) atoms. The highest BCUT2D eigenvalue weighted by atomic mass is 35.5. The van der Waals surface area contributed by atoms with E-state index in [1.54, 1.807) is 6.92 Å². The van der Waals surface area contributed by atoms with Crippen molar-refractivity contribution in [3.63, 3.8) is 0 Å². The number of carboxylic acid groups (broad SMARTS) is 1. The number of carboxylic acids is 1. The fourth-order valence-electron chi connectivity index (χ4n) is 0.917. The summed E-state index contributed by atoms with van der Waals surface area (Å²) < 4.78 is 4.85. The Balaban J connectivity index is 2.88. The lowest BCUT2D eigenvalue weighted by molar-refractivity contribution is -0.129. The van der Waals surface area contributed by atoms with E-state index in [1.165, 1.54) is 0 Å². The van der Waals surface area contributed by atoms with E-state index in [1.807, 2.05) is 0 Å². The van der Waals surface area contributed by atoms with Gasteiger partial charge in [-0.2, -0.15) is 4.98 Å². The highest BCUT2D eigenvalue weighted by Gasteiger charge is 2.19. The summed E-state index contributed by atoms with van der Waals surface area (Å²) in [7, 11) is 0. The van der Waals surface area contributed by atoms with Gasteiger partial charge in [0.05, 0.1) is 0 Å². The van der Waals surface area contributed by atoms with E-state index in [-0.39, 0.29) is 24.2 Å². The van der Waals surface area contributed by atoms with Crippen LogP contribution in [0, 0.1) is 0 Å².